The molecule has 0 aliphatic rings. The number of aliphatic hydroxyl groups is 2. The highest BCUT2D eigenvalue weighted by Crippen LogP contribution is 2.06. The number of hydrogen-bond acceptors (Lipinski definition) is 8. The third kappa shape index (κ3) is 26.4. The summed E-state index contributed by atoms with van der Waals surface area (Å²) in [4.78, 5) is 48.2. The molecule has 0 bridgehead atoms. The molecule has 10 nitrogen and oxygen atoms in total. The van der Waals surface area contributed by atoms with Gasteiger partial charge < -0.3 is 30.3 Å². The van der Waals surface area contributed by atoms with Crippen molar-refractivity contribution in [2.24, 2.45) is 0 Å². The third-order valence-electron chi connectivity index (χ3n) is 6.12. The lowest BCUT2D eigenvalue weighted by atomic mass is 10.1. The van der Waals surface area contributed by atoms with Gasteiger partial charge in [-0.1, -0.05) is 67.7 Å². The fourth-order valence-electron chi connectivity index (χ4n) is 3.72. The number of unbranched alkanes of at least 4 members (excludes halogenated alkanes) is 2. The van der Waals surface area contributed by atoms with Crippen molar-refractivity contribution in [3.63, 3.8) is 0 Å². The number of hydrogen-bond donors (Lipinski definition) is 4. The molecule has 0 unspecified atom stereocenters. The second kappa shape index (κ2) is 30.3. The predicted molar refractivity (Wildman–Crippen MR) is 177 cm³/mol. The molecule has 0 aromatic carbocycles. The van der Waals surface area contributed by atoms with Crippen LogP contribution in [0.3, 0.4) is 0 Å². The van der Waals surface area contributed by atoms with Crippen LogP contribution in [0.2, 0.25) is 0 Å². The molecule has 0 fully saturated rings. The van der Waals surface area contributed by atoms with E-state index in [1.807, 2.05) is 0 Å². The Hall–Kier alpha value is -3.76. The van der Waals surface area contributed by atoms with Crippen molar-refractivity contribution < 1.29 is 38.9 Å². The van der Waals surface area contributed by atoms with E-state index in [9.17, 15) is 29.4 Å². The van der Waals surface area contributed by atoms with Crippen LogP contribution in [-0.4, -0.2) is 72.5 Å². The van der Waals surface area contributed by atoms with E-state index in [-0.39, 0.29) is 18.9 Å². The van der Waals surface area contributed by atoms with Gasteiger partial charge in [0.1, 0.15) is 12.1 Å². The number of carbonyl (C=O) groups is 4. The van der Waals surface area contributed by atoms with Gasteiger partial charge >= 0.3 is 11.9 Å². The molecule has 0 saturated heterocycles. The maximum absolute atomic E-state index is 12.5. The zero-order valence-corrected chi connectivity index (χ0v) is 27.0. The number of carbonyl (C=O) groups excluding carboxylic acids is 4. The molecule has 45 heavy (non-hydrogen) atoms. The largest absolute Gasteiger partial charge is 0.463 e. The average molecular weight is 631 g/mol. The second-order valence-electron chi connectivity index (χ2n) is 10.0. The minimum absolute atomic E-state index is 0.0514. The topological polar surface area (TPSA) is 151 Å². The van der Waals surface area contributed by atoms with E-state index in [0.29, 0.717) is 25.8 Å². The number of nitrogens with one attached hydrogen (secondary N) is 2. The molecule has 0 aromatic heterocycles. The van der Waals surface area contributed by atoms with Gasteiger partial charge in [0.25, 0.3) is 0 Å². The van der Waals surface area contributed by atoms with Crippen LogP contribution in [0.4, 0.5) is 0 Å². The van der Waals surface area contributed by atoms with E-state index in [1.54, 1.807) is 6.92 Å². The van der Waals surface area contributed by atoms with Crippen molar-refractivity contribution in [2.45, 2.75) is 96.6 Å². The highest BCUT2D eigenvalue weighted by Gasteiger charge is 2.24. The molecule has 0 heterocycles. The number of allylic oxidation sites excluding steroid dienone is 10. The minimum atomic E-state index is -1.11. The highest BCUT2D eigenvalue weighted by molar-refractivity contribution is 5.96. The summed E-state index contributed by atoms with van der Waals surface area (Å²) < 4.78 is 9.76. The Bertz CT molecular complexity index is 994. The summed E-state index contributed by atoms with van der Waals surface area (Å²) in [6, 6.07) is -1.07. The highest BCUT2D eigenvalue weighted by atomic mass is 16.6. The van der Waals surface area contributed by atoms with Crippen molar-refractivity contribution in [1.82, 2.24) is 10.6 Å². The molecule has 252 valence electrons. The Balaban J connectivity index is 4.23. The molecular formula is C35H54N2O8. The van der Waals surface area contributed by atoms with Gasteiger partial charge in [0.15, 0.2) is 0 Å². The van der Waals surface area contributed by atoms with Crippen molar-refractivity contribution in [1.29, 1.82) is 0 Å². The summed E-state index contributed by atoms with van der Waals surface area (Å²) in [5.41, 5.74) is 0. The van der Waals surface area contributed by atoms with Crippen LogP contribution >= 0.6 is 0 Å². The van der Waals surface area contributed by atoms with Gasteiger partial charge in [-0.2, -0.15) is 0 Å². The van der Waals surface area contributed by atoms with Crippen LogP contribution in [0.5, 0.6) is 0 Å². The maximum Gasteiger partial charge on any atom is 0.330 e. The molecule has 0 aliphatic heterocycles. The molecule has 1 atom stereocenters. The first-order chi connectivity index (χ1) is 21.9. The molecule has 10 heteroatoms. The van der Waals surface area contributed by atoms with E-state index in [1.165, 1.54) is 0 Å². The summed E-state index contributed by atoms with van der Waals surface area (Å²) in [5, 5.41) is 23.7. The number of esters is 2. The standard InChI is InChI=1S/C35H54N2O8/c1-3-5-6-7-8-9-10-11-12-13-14-15-16-17-18-19-20-24-32(40)36-27-22-21-23-31(35(43)45-30(28-38)29-39)37-33(41)25-26-34(42)44-4-2/h5-6,8-9,11-12,14-15,17-18,25-26,30-31,38-39H,3-4,7,10,13,16,19-24,27-29H2,1-2H3,(H,36,40)(H,37,41)/t31-/m0/s1. The monoisotopic (exact) mass is 630 g/mol. The zero-order chi connectivity index (χ0) is 33.4. The molecular weight excluding hydrogens is 576 g/mol. The Morgan fingerprint density at radius 1 is 0.733 bits per heavy atom. The Labute approximate surface area is 269 Å². The molecule has 4 N–H and O–H groups in total. The van der Waals surface area contributed by atoms with Gasteiger partial charge in [-0.3, -0.25) is 9.59 Å². The Morgan fingerprint density at radius 2 is 1.31 bits per heavy atom. The first kappa shape index (κ1) is 41.2. The lowest BCUT2D eigenvalue weighted by Gasteiger charge is -2.20. The van der Waals surface area contributed by atoms with Crippen LogP contribution in [0.15, 0.2) is 72.9 Å². The summed E-state index contributed by atoms with van der Waals surface area (Å²) >= 11 is 0. The van der Waals surface area contributed by atoms with Gasteiger partial charge in [-0.15, -0.1) is 0 Å². The second-order valence-corrected chi connectivity index (χ2v) is 10.0. The Kier molecular flexibility index (Phi) is 27.7. The molecule has 0 saturated carbocycles. The molecule has 0 aliphatic carbocycles. The van der Waals surface area contributed by atoms with E-state index < -0.39 is 43.2 Å². The summed E-state index contributed by atoms with van der Waals surface area (Å²) in [6.07, 6.45) is 30.3. The van der Waals surface area contributed by atoms with Crippen molar-refractivity contribution in [3.8, 4) is 0 Å². The zero-order valence-electron chi connectivity index (χ0n) is 27.0. The van der Waals surface area contributed by atoms with Gasteiger partial charge in [-0.05, 0) is 71.1 Å². The molecule has 2 amide bonds. The number of amides is 2. The van der Waals surface area contributed by atoms with E-state index in [4.69, 9.17) is 9.47 Å². The van der Waals surface area contributed by atoms with Crippen LogP contribution in [-0.2, 0) is 28.7 Å². The Morgan fingerprint density at radius 3 is 1.87 bits per heavy atom. The fraction of sp³-hybridized carbons (Fsp3) is 0.543. The maximum atomic E-state index is 12.5. The van der Waals surface area contributed by atoms with Crippen LogP contribution in [0.1, 0.15) is 84.5 Å². The lowest BCUT2D eigenvalue weighted by Crippen LogP contribution is -2.43. The van der Waals surface area contributed by atoms with Gasteiger partial charge in [0.2, 0.25) is 11.8 Å². The van der Waals surface area contributed by atoms with Crippen LogP contribution in [0, 0.1) is 0 Å². The SMILES string of the molecule is CCC=CCC=CCC=CCC=CCC=CCCCC(=O)NCCCC[C@H](NC(=O)C=CC(=O)OCC)C(=O)OC(CO)CO. The third-order valence-corrected chi connectivity index (χ3v) is 6.12. The predicted octanol–water partition coefficient (Wildman–Crippen LogP) is 4.70. The summed E-state index contributed by atoms with van der Waals surface area (Å²) in [7, 11) is 0. The van der Waals surface area contributed by atoms with Gasteiger partial charge in [0.05, 0.1) is 19.8 Å². The van der Waals surface area contributed by atoms with Gasteiger partial charge in [0, 0.05) is 25.1 Å². The first-order valence-corrected chi connectivity index (χ1v) is 16.0. The number of rotatable bonds is 26. The molecule has 0 radical (unpaired) electrons. The van der Waals surface area contributed by atoms with Crippen molar-refractivity contribution in [3.05, 3.63) is 72.9 Å². The van der Waals surface area contributed by atoms with E-state index >= 15 is 0 Å². The van der Waals surface area contributed by atoms with Crippen LogP contribution < -0.4 is 10.6 Å². The quantitative estimate of drug-likeness (QED) is 0.0465. The molecule has 0 spiro atoms. The number of ether oxygens (including phenoxy) is 2. The normalized spacial score (nSPS) is 12.8. The fourth-order valence-corrected chi connectivity index (χ4v) is 3.72. The lowest BCUT2D eigenvalue weighted by molar-refractivity contribution is -0.157. The van der Waals surface area contributed by atoms with Crippen LogP contribution in [0.25, 0.3) is 0 Å². The first-order valence-electron chi connectivity index (χ1n) is 16.0. The van der Waals surface area contributed by atoms with Crippen molar-refractivity contribution >= 4 is 23.8 Å². The van der Waals surface area contributed by atoms with E-state index in [2.05, 4.69) is 78.3 Å². The molecule has 0 aromatic rings. The average Bonchev–Trinajstić information content (AvgIpc) is 3.03. The van der Waals surface area contributed by atoms with E-state index in [0.717, 1.165) is 57.1 Å². The number of aliphatic hydroxyl groups excluding tert-OH is 2. The van der Waals surface area contributed by atoms with Gasteiger partial charge in [-0.25, -0.2) is 9.59 Å². The molecule has 0 rings (SSSR count). The minimum Gasteiger partial charge on any atom is -0.463 e. The summed E-state index contributed by atoms with van der Waals surface area (Å²) in [6.45, 7) is 3.19. The smallest absolute Gasteiger partial charge is 0.330 e. The summed E-state index contributed by atoms with van der Waals surface area (Å²) in [5.74, 6) is -2.26. The van der Waals surface area contributed by atoms with Crippen molar-refractivity contribution in [2.75, 3.05) is 26.4 Å².